The van der Waals surface area contributed by atoms with E-state index in [1.54, 1.807) is 0 Å². The predicted molar refractivity (Wildman–Crippen MR) is 131 cm³/mol. The van der Waals surface area contributed by atoms with Gasteiger partial charge in [0.25, 0.3) is 0 Å². The van der Waals surface area contributed by atoms with Crippen LogP contribution in [0.4, 0.5) is 5.69 Å². The molecule has 2 atom stereocenters. The Bertz CT molecular complexity index is 807. The molecule has 166 valence electrons. The van der Waals surface area contributed by atoms with Gasteiger partial charge in [-0.3, -0.25) is 4.99 Å². The van der Waals surface area contributed by atoms with Gasteiger partial charge < -0.3 is 20.4 Å². The molecule has 0 aliphatic carbocycles. The zero-order valence-electron chi connectivity index (χ0n) is 18.8. The highest BCUT2D eigenvalue weighted by Gasteiger charge is 2.24. The first-order valence-electron chi connectivity index (χ1n) is 11.9. The van der Waals surface area contributed by atoms with Crippen molar-refractivity contribution in [2.75, 3.05) is 50.7 Å². The maximum absolute atomic E-state index is 4.96. The van der Waals surface area contributed by atoms with Crippen LogP contribution >= 0.6 is 0 Å². The van der Waals surface area contributed by atoms with Crippen LogP contribution in [-0.4, -0.2) is 62.7 Å². The lowest BCUT2D eigenvalue weighted by atomic mass is 10.1. The van der Waals surface area contributed by atoms with Crippen molar-refractivity contribution < 1.29 is 0 Å². The fraction of sp³-hybridized carbons (Fsp3) is 0.500. The number of anilines is 1. The molecule has 0 aromatic heterocycles. The minimum absolute atomic E-state index is 0.448. The maximum Gasteiger partial charge on any atom is 0.191 e. The van der Waals surface area contributed by atoms with Crippen molar-refractivity contribution in [3.8, 4) is 0 Å². The van der Waals surface area contributed by atoms with Crippen molar-refractivity contribution in [2.45, 2.75) is 32.2 Å². The summed E-state index contributed by atoms with van der Waals surface area (Å²) in [7, 11) is 0. The van der Waals surface area contributed by atoms with Gasteiger partial charge in [-0.2, -0.15) is 0 Å². The molecule has 2 N–H and O–H groups in total. The Morgan fingerprint density at radius 2 is 1.74 bits per heavy atom. The Hall–Kier alpha value is -2.53. The molecular formula is C26H37N5. The van der Waals surface area contributed by atoms with Gasteiger partial charge in [-0.25, -0.2) is 0 Å². The zero-order chi connectivity index (χ0) is 21.3. The van der Waals surface area contributed by atoms with Crippen LogP contribution in [0.3, 0.4) is 0 Å². The molecular weight excluding hydrogens is 382 g/mol. The highest BCUT2D eigenvalue weighted by molar-refractivity contribution is 5.80. The van der Waals surface area contributed by atoms with E-state index >= 15 is 0 Å². The van der Waals surface area contributed by atoms with Gasteiger partial charge in [0.15, 0.2) is 5.96 Å². The van der Waals surface area contributed by atoms with Gasteiger partial charge in [0.2, 0.25) is 0 Å². The van der Waals surface area contributed by atoms with Gasteiger partial charge >= 0.3 is 0 Å². The van der Waals surface area contributed by atoms with Crippen molar-refractivity contribution in [2.24, 2.45) is 10.9 Å². The third kappa shape index (κ3) is 6.47. The monoisotopic (exact) mass is 419 g/mol. The molecule has 2 aliphatic rings. The third-order valence-corrected chi connectivity index (χ3v) is 6.43. The van der Waals surface area contributed by atoms with E-state index in [2.05, 4.69) is 88.0 Å². The molecule has 2 unspecified atom stereocenters. The number of rotatable bonds is 8. The molecule has 2 fully saturated rings. The van der Waals surface area contributed by atoms with Crippen molar-refractivity contribution in [1.29, 1.82) is 0 Å². The summed E-state index contributed by atoms with van der Waals surface area (Å²) in [5, 5.41) is 7.13. The first-order chi connectivity index (χ1) is 15.3. The van der Waals surface area contributed by atoms with Gasteiger partial charge in [-0.15, -0.1) is 0 Å². The van der Waals surface area contributed by atoms with Gasteiger partial charge in [-0.05, 0) is 56.3 Å². The maximum atomic E-state index is 4.96. The highest BCUT2D eigenvalue weighted by Crippen LogP contribution is 2.20. The Morgan fingerprint density at radius 3 is 2.52 bits per heavy atom. The second-order valence-electron chi connectivity index (χ2n) is 8.82. The lowest BCUT2D eigenvalue weighted by molar-refractivity contribution is 0.329. The Morgan fingerprint density at radius 1 is 0.968 bits per heavy atom. The van der Waals surface area contributed by atoms with E-state index in [9.17, 15) is 0 Å². The molecule has 4 rings (SSSR count). The van der Waals surface area contributed by atoms with Gasteiger partial charge in [0.05, 0.1) is 0 Å². The van der Waals surface area contributed by atoms with Crippen LogP contribution in [0.25, 0.3) is 0 Å². The van der Waals surface area contributed by atoms with E-state index in [0.29, 0.717) is 12.0 Å². The van der Waals surface area contributed by atoms with Crippen LogP contribution < -0.4 is 15.5 Å². The molecule has 2 saturated heterocycles. The first kappa shape index (κ1) is 21.7. The molecule has 5 nitrogen and oxygen atoms in total. The largest absolute Gasteiger partial charge is 0.369 e. The number of para-hydroxylation sites is 1. The van der Waals surface area contributed by atoms with Crippen LogP contribution in [-0.2, 0) is 6.42 Å². The van der Waals surface area contributed by atoms with E-state index in [-0.39, 0.29) is 0 Å². The molecule has 2 aliphatic heterocycles. The third-order valence-electron chi connectivity index (χ3n) is 6.43. The zero-order valence-corrected chi connectivity index (χ0v) is 18.8. The quantitative estimate of drug-likeness (QED) is 0.509. The summed E-state index contributed by atoms with van der Waals surface area (Å²) in [6.45, 7) is 9.60. The molecule has 31 heavy (non-hydrogen) atoms. The number of nitrogens with one attached hydrogen (secondary N) is 2. The fourth-order valence-corrected chi connectivity index (χ4v) is 4.68. The smallest absolute Gasteiger partial charge is 0.191 e. The standard InChI is InChI=1S/C26H37N5/c1-2-27-26(29-24-15-18-31(21-24)25-11-7-4-8-12-25)28-19-23-14-17-30(20-23)16-13-22-9-5-3-6-10-22/h3-12,23-24H,2,13-21H2,1H3,(H2,27,28,29). The van der Waals surface area contributed by atoms with Crippen LogP contribution in [0.5, 0.6) is 0 Å². The minimum atomic E-state index is 0.448. The summed E-state index contributed by atoms with van der Waals surface area (Å²) in [5.74, 6) is 1.64. The number of nitrogens with zero attached hydrogens (tertiary/aromatic N) is 3. The Balaban J connectivity index is 1.23. The summed E-state index contributed by atoms with van der Waals surface area (Å²) >= 11 is 0. The molecule has 5 heteroatoms. The normalized spacial score (nSPS) is 22.1. The van der Waals surface area contributed by atoms with E-state index in [1.807, 2.05) is 0 Å². The summed E-state index contributed by atoms with van der Waals surface area (Å²) in [4.78, 5) is 10.0. The van der Waals surface area contributed by atoms with E-state index < -0.39 is 0 Å². The number of benzene rings is 2. The van der Waals surface area contributed by atoms with Crippen LogP contribution in [0.2, 0.25) is 0 Å². The molecule has 0 spiro atoms. The SMILES string of the molecule is CCNC(=NCC1CCN(CCc2ccccc2)C1)NC1CCN(c2ccccc2)C1. The number of aliphatic imine (C=N–C) groups is 1. The topological polar surface area (TPSA) is 42.9 Å². The second kappa shape index (κ2) is 11.2. The van der Waals surface area contributed by atoms with Gasteiger partial charge in [-0.1, -0.05) is 48.5 Å². The molecule has 0 amide bonds. The molecule has 0 radical (unpaired) electrons. The number of likely N-dealkylation sites (tertiary alicyclic amines) is 1. The average molecular weight is 420 g/mol. The molecule has 0 bridgehead atoms. The Kier molecular flexibility index (Phi) is 7.83. The average Bonchev–Trinajstić information content (AvgIpc) is 3.47. The molecule has 2 aromatic carbocycles. The van der Waals surface area contributed by atoms with E-state index in [1.165, 1.54) is 30.8 Å². The van der Waals surface area contributed by atoms with Crippen molar-refractivity contribution in [3.63, 3.8) is 0 Å². The number of hydrogen-bond donors (Lipinski definition) is 2. The summed E-state index contributed by atoms with van der Waals surface area (Å²) in [5.41, 5.74) is 2.75. The number of hydrogen-bond acceptors (Lipinski definition) is 3. The van der Waals surface area contributed by atoms with Crippen molar-refractivity contribution in [1.82, 2.24) is 15.5 Å². The number of guanidine groups is 1. The van der Waals surface area contributed by atoms with Crippen LogP contribution in [0, 0.1) is 5.92 Å². The van der Waals surface area contributed by atoms with E-state index in [4.69, 9.17) is 4.99 Å². The summed E-state index contributed by atoms with van der Waals surface area (Å²) < 4.78 is 0. The molecule has 2 aromatic rings. The highest BCUT2D eigenvalue weighted by atomic mass is 15.2. The lowest BCUT2D eigenvalue weighted by Gasteiger charge is -2.20. The summed E-state index contributed by atoms with van der Waals surface area (Å²) in [6, 6.07) is 22.0. The molecule has 0 saturated carbocycles. The van der Waals surface area contributed by atoms with Crippen molar-refractivity contribution >= 4 is 11.6 Å². The lowest BCUT2D eigenvalue weighted by Crippen LogP contribution is -2.45. The first-order valence-corrected chi connectivity index (χ1v) is 11.9. The van der Waals surface area contributed by atoms with Gasteiger partial charge in [0.1, 0.15) is 0 Å². The predicted octanol–water partition coefficient (Wildman–Crippen LogP) is 3.39. The molecule has 2 heterocycles. The van der Waals surface area contributed by atoms with E-state index in [0.717, 1.165) is 51.5 Å². The van der Waals surface area contributed by atoms with Gasteiger partial charge in [0, 0.05) is 51.0 Å². The summed E-state index contributed by atoms with van der Waals surface area (Å²) in [6.07, 6.45) is 3.54. The second-order valence-corrected chi connectivity index (χ2v) is 8.82. The van der Waals surface area contributed by atoms with Crippen LogP contribution in [0.1, 0.15) is 25.3 Å². The van der Waals surface area contributed by atoms with Crippen molar-refractivity contribution in [3.05, 3.63) is 66.2 Å². The minimum Gasteiger partial charge on any atom is -0.369 e. The van der Waals surface area contributed by atoms with Crippen LogP contribution in [0.15, 0.2) is 65.7 Å². The Labute approximate surface area is 187 Å². The fourth-order valence-electron chi connectivity index (χ4n) is 4.68.